The molecule has 1 aromatic rings. The van der Waals surface area contributed by atoms with E-state index in [2.05, 4.69) is 36.2 Å². The molecule has 1 fully saturated rings. The molecule has 0 saturated carbocycles. The van der Waals surface area contributed by atoms with E-state index >= 15 is 0 Å². The van der Waals surface area contributed by atoms with E-state index < -0.39 is 0 Å². The summed E-state index contributed by atoms with van der Waals surface area (Å²) < 4.78 is 0. The predicted molar refractivity (Wildman–Crippen MR) is 82.5 cm³/mol. The fraction of sp³-hybridized carbons (Fsp3) is 0.625. The van der Waals surface area contributed by atoms with Crippen molar-refractivity contribution in [1.29, 1.82) is 0 Å². The van der Waals surface area contributed by atoms with Crippen LogP contribution in [-0.2, 0) is 6.54 Å². The molecule has 1 aromatic carbocycles. The van der Waals surface area contributed by atoms with Gasteiger partial charge in [-0.2, -0.15) is 0 Å². The van der Waals surface area contributed by atoms with Gasteiger partial charge in [0.15, 0.2) is 0 Å². The third kappa shape index (κ3) is 4.79. The van der Waals surface area contributed by atoms with Gasteiger partial charge >= 0.3 is 0 Å². The van der Waals surface area contributed by atoms with Crippen molar-refractivity contribution in [2.45, 2.75) is 26.8 Å². The van der Waals surface area contributed by atoms with Gasteiger partial charge in [0.2, 0.25) is 0 Å². The SMILES string of the molecule is CC(C)CN(Cc1ccccc1Cl)C[C@H]1CCNC1. The highest BCUT2D eigenvalue weighted by Gasteiger charge is 2.19. The Morgan fingerprint density at radius 3 is 2.79 bits per heavy atom. The van der Waals surface area contributed by atoms with E-state index in [0.717, 1.165) is 30.6 Å². The van der Waals surface area contributed by atoms with Gasteiger partial charge in [0, 0.05) is 24.7 Å². The van der Waals surface area contributed by atoms with Crippen molar-refractivity contribution >= 4 is 11.6 Å². The second kappa shape index (κ2) is 7.28. The van der Waals surface area contributed by atoms with Crippen molar-refractivity contribution in [2.24, 2.45) is 11.8 Å². The Labute approximate surface area is 122 Å². The second-order valence-corrected chi connectivity index (χ2v) is 6.45. The highest BCUT2D eigenvalue weighted by molar-refractivity contribution is 6.31. The molecule has 3 heteroatoms. The van der Waals surface area contributed by atoms with Gasteiger partial charge in [0.1, 0.15) is 0 Å². The minimum Gasteiger partial charge on any atom is -0.316 e. The lowest BCUT2D eigenvalue weighted by atomic mass is 10.1. The summed E-state index contributed by atoms with van der Waals surface area (Å²) in [5, 5.41) is 4.34. The first-order valence-electron chi connectivity index (χ1n) is 7.31. The zero-order valence-electron chi connectivity index (χ0n) is 12.0. The average molecular weight is 281 g/mol. The number of nitrogens with one attached hydrogen (secondary N) is 1. The van der Waals surface area contributed by atoms with E-state index in [1.807, 2.05) is 12.1 Å². The highest BCUT2D eigenvalue weighted by atomic mass is 35.5. The summed E-state index contributed by atoms with van der Waals surface area (Å²) in [6.45, 7) is 10.2. The summed E-state index contributed by atoms with van der Waals surface area (Å²) in [6, 6.07) is 8.20. The summed E-state index contributed by atoms with van der Waals surface area (Å²) in [6.07, 6.45) is 1.30. The van der Waals surface area contributed by atoms with Gasteiger partial charge < -0.3 is 5.32 Å². The maximum Gasteiger partial charge on any atom is 0.0451 e. The lowest BCUT2D eigenvalue weighted by Crippen LogP contribution is -2.33. The maximum absolute atomic E-state index is 6.28. The zero-order chi connectivity index (χ0) is 13.7. The molecule has 1 heterocycles. The molecule has 106 valence electrons. The van der Waals surface area contributed by atoms with E-state index in [1.54, 1.807) is 0 Å². The first-order valence-corrected chi connectivity index (χ1v) is 7.69. The molecule has 0 bridgehead atoms. The second-order valence-electron chi connectivity index (χ2n) is 6.04. The van der Waals surface area contributed by atoms with Crippen LogP contribution in [0.1, 0.15) is 25.8 Å². The van der Waals surface area contributed by atoms with Gasteiger partial charge in [0.25, 0.3) is 0 Å². The van der Waals surface area contributed by atoms with Crippen LogP contribution in [0.3, 0.4) is 0 Å². The summed E-state index contributed by atoms with van der Waals surface area (Å²) in [5.74, 6) is 1.48. The topological polar surface area (TPSA) is 15.3 Å². The molecule has 1 N–H and O–H groups in total. The van der Waals surface area contributed by atoms with Crippen molar-refractivity contribution in [3.63, 3.8) is 0 Å². The van der Waals surface area contributed by atoms with Crippen LogP contribution in [0.15, 0.2) is 24.3 Å². The molecule has 0 aromatic heterocycles. The molecule has 0 radical (unpaired) electrons. The molecule has 2 nitrogen and oxygen atoms in total. The molecular weight excluding hydrogens is 256 g/mol. The standard InChI is InChI=1S/C16H25ClN2/c1-13(2)10-19(11-14-7-8-18-9-14)12-15-5-3-4-6-16(15)17/h3-6,13-14,18H,7-12H2,1-2H3/t14-/m0/s1. The van der Waals surface area contributed by atoms with Crippen molar-refractivity contribution in [3.8, 4) is 0 Å². The van der Waals surface area contributed by atoms with Crippen LogP contribution in [0.5, 0.6) is 0 Å². The monoisotopic (exact) mass is 280 g/mol. The third-order valence-corrected chi connectivity index (χ3v) is 4.02. The van der Waals surface area contributed by atoms with Crippen molar-refractivity contribution < 1.29 is 0 Å². The summed E-state index contributed by atoms with van der Waals surface area (Å²) >= 11 is 6.28. The Hall–Kier alpha value is -0.570. The van der Waals surface area contributed by atoms with Gasteiger partial charge in [-0.3, -0.25) is 4.90 Å². The summed E-state index contributed by atoms with van der Waals surface area (Å²) in [7, 11) is 0. The number of benzene rings is 1. The molecular formula is C16H25ClN2. The van der Waals surface area contributed by atoms with Crippen LogP contribution >= 0.6 is 11.6 Å². The highest BCUT2D eigenvalue weighted by Crippen LogP contribution is 2.19. The molecule has 0 unspecified atom stereocenters. The predicted octanol–water partition coefficient (Wildman–Crippen LogP) is 3.41. The number of rotatable bonds is 6. The van der Waals surface area contributed by atoms with Crippen molar-refractivity contribution in [3.05, 3.63) is 34.9 Å². The van der Waals surface area contributed by atoms with E-state index in [9.17, 15) is 0 Å². The smallest absolute Gasteiger partial charge is 0.0451 e. The van der Waals surface area contributed by atoms with E-state index in [4.69, 9.17) is 11.6 Å². The van der Waals surface area contributed by atoms with Crippen molar-refractivity contribution in [1.82, 2.24) is 10.2 Å². The third-order valence-electron chi connectivity index (χ3n) is 3.65. The Morgan fingerprint density at radius 2 is 2.16 bits per heavy atom. The largest absolute Gasteiger partial charge is 0.316 e. The van der Waals surface area contributed by atoms with Crippen molar-refractivity contribution in [2.75, 3.05) is 26.2 Å². The fourth-order valence-electron chi connectivity index (χ4n) is 2.82. The molecule has 1 aliphatic heterocycles. The average Bonchev–Trinajstić information content (AvgIpc) is 2.84. The molecule has 0 aliphatic carbocycles. The minimum atomic E-state index is 0.692. The molecule has 0 amide bonds. The number of nitrogens with zero attached hydrogens (tertiary/aromatic N) is 1. The van der Waals surface area contributed by atoms with Gasteiger partial charge in [-0.15, -0.1) is 0 Å². The molecule has 19 heavy (non-hydrogen) atoms. The van der Waals surface area contributed by atoms with Gasteiger partial charge in [-0.05, 0) is 43.0 Å². The van der Waals surface area contributed by atoms with Gasteiger partial charge in [-0.1, -0.05) is 43.6 Å². The number of hydrogen-bond donors (Lipinski definition) is 1. The molecule has 2 rings (SSSR count). The minimum absolute atomic E-state index is 0.692. The quantitative estimate of drug-likeness (QED) is 0.859. The lowest BCUT2D eigenvalue weighted by molar-refractivity contribution is 0.205. The van der Waals surface area contributed by atoms with E-state index in [1.165, 1.54) is 25.1 Å². The molecule has 1 aliphatic rings. The first-order chi connectivity index (χ1) is 9.15. The van der Waals surface area contributed by atoms with Gasteiger partial charge in [0.05, 0.1) is 0 Å². The first kappa shape index (κ1) is 14.8. The normalized spacial score (nSPS) is 19.5. The van der Waals surface area contributed by atoms with Crippen LogP contribution in [0.4, 0.5) is 0 Å². The van der Waals surface area contributed by atoms with Crippen LogP contribution in [0.25, 0.3) is 0 Å². The Balaban J connectivity index is 1.98. The Bertz CT molecular complexity index is 386. The summed E-state index contributed by atoms with van der Waals surface area (Å²) in [4.78, 5) is 2.56. The number of hydrogen-bond acceptors (Lipinski definition) is 2. The lowest BCUT2D eigenvalue weighted by Gasteiger charge is -2.27. The van der Waals surface area contributed by atoms with Crippen LogP contribution in [0.2, 0.25) is 5.02 Å². The summed E-state index contributed by atoms with van der Waals surface area (Å²) in [5.41, 5.74) is 1.25. The Kier molecular flexibility index (Phi) is 5.68. The van der Waals surface area contributed by atoms with Crippen LogP contribution < -0.4 is 5.32 Å². The zero-order valence-corrected chi connectivity index (χ0v) is 12.8. The Morgan fingerprint density at radius 1 is 1.37 bits per heavy atom. The molecule has 1 atom stereocenters. The number of halogens is 1. The van der Waals surface area contributed by atoms with Crippen LogP contribution in [0, 0.1) is 11.8 Å². The van der Waals surface area contributed by atoms with Crippen LogP contribution in [-0.4, -0.2) is 31.1 Å². The molecule has 0 spiro atoms. The van der Waals surface area contributed by atoms with E-state index in [-0.39, 0.29) is 0 Å². The fourth-order valence-corrected chi connectivity index (χ4v) is 3.02. The maximum atomic E-state index is 6.28. The van der Waals surface area contributed by atoms with E-state index in [0.29, 0.717) is 5.92 Å². The van der Waals surface area contributed by atoms with Gasteiger partial charge in [-0.25, -0.2) is 0 Å². The molecule has 1 saturated heterocycles.